The molecule has 2 aromatic rings. The van der Waals surface area contributed by atoms with E-state index in [9.17, 15) is 4.79 Å². The molecule has 2 rings (SSSR count). The molecule has 0 aliphatic rings. The van der Waals surface area contributed by atoms with Crippen molar-refractivity contribution >= 4 is 5.97 Å². The van der Waals surface area contributed by atoms with E-state index < -0.39 is 5.97 Å². The van der Waals surface area contributed by atoms with Crippen molar-refractivity contribution in [2.24, 2.45) is 0 Å². The number of rotatable bonds is 3. The minimum absolute atomic E-state index is 0.0152. The first kappa shape index (κ1) is 9.38. The van der Waals surface area contributed by atoms with Crippen molar-refractivity contribution in [1.82, 2.24) is 24.7 Å². The smallest absolute Gasteiger partial charge is 0.356 e. The summed E-state index contributed by atoms with van der Waals surface area (Å²) in [5.41, 5.74) is 0.0152. The number of carboxylic acid groups (broad SMARTS) is 1. The second-order valence-electron chi connectivity index (χ2n) is 3.06. The molecule has 78 valence electrons. The first-order chi connectivity index (χ1) is 7.18. The molecule has 15 heavy (non-hydrogen) atoms. The van der Waals surface area contributed by atoms with Gasteiger partial charge < -0.3 is 9.67 Å². The van der Waals surface area contributed by atoms with Crippen LogP contribution in [0, 0.1) is 0 Å². The Morgan fingerprint density at radius 1 is 1.60 bits per heavy atom. The van der Waals surface area contributed by atoms with Gasteiger partial charge in [-0.2, -0.15) is 5.10 Å². The average Bonchev–Trinajstić information content (AvgIpc) is 2.88. The van der Waals surface area contributed by atoms with E-state index in [0.717, 1.165) is 0 Å². The number of nitrogens with zero attached hydrogens (tertiary/aromatic N) is 4. The van der Waals surface area contributed by atoms with E-state index in [4.69, 9.17) is 5.11 Å². The van der Waals surface area contributed by atoms with Crippen LogP contribution >= 0.6 is 0 Å². The van der Waals surface area contributed by atoms with Crippen LogP contribution in [0.4, 0.5) is 0 Å². The van der Waals surface area contributed by atoms with Crippen LogP contribution in [0.3, 0.4) is 0 Å². The maximum atomic E-state index is 10.6. The van der Waals surface area contributed by atoms with Gasteiger partial charge in [-0.1, -0.05) is 0 Å². The molecule has 2 heterocycles. The summed E-state index contributed by atoms with van der Waals surface area (Å²) in [5, 5.41) is 15.1. The van der Waals surface area contributed by atoms with Gasteiger partial charge in [-0.15, -0.1) is 0 Å². The second-order valence-corrected chi connectivity index (χ2v) is 3.06. The number of aromatic nitrogens is 5. The highest BCUT2D eigenvalue weighted by Gasteiger charge is 2.13. The Kier molecular flexibility index (Phi) is 2.20. The molecule has 0 amide bonds. The van der Waals surface area contributed by atoms with Gasteiger partial charge in [-0.25, -0.2) is 14.8 Å². The Labute approximate surface area is 84.8 Å². The zero-order chi connectivity index (χ0) is 10.8. The Balaban J connectivity index is 2.26. The fourth-order valence-electron chi connectivity index (χ4n) is 1.22. The Morgan fingerprint density at radius 2 is 2.40 bits per heavy atom. The van der Waals surface area contributed by atoms with E-state index in [1.54, 1.807) is 4.57 Å². The number of nitrogens with one attached hydrogen (secondary N) is 1. The number of hydrogen-bond acceptors (Lipinski definition) is 4. The lowest BCUT2D eigenvalue weighted by atomic mass is 10.3. The molecule has 0 aliphatic carbocycles. The van der Waals surface area contributed by atoms with E-state index in [1.165, 1.54) is 18.9 Å². The van der Waals surface area contributed by atoms with Gasteiger partial charge in [0.25, 0.3) is 0 Å². The molecule has 0 saturated heterocycles. The van der Waals surface area contributed by atoms with Gasteiger partial charge in [0, 0.05) is 6.20 Å². The van der Waals surface area contributed by atoms with Gasteiger partial charge in [0.2, 0.25) is 0 Å². The largest absolute Gasteiger partial charge is 0.476 e. The maximum Gasteiger partial charge on any atom is 0.356 e. The first-order valence-corrected chi connectivity index (χ1v) is 4.30. The van der Waals surface area contributed by atoms with Crippen molar-refractivity contribution in [1.29, 1.82) is 0 Å². The number of aromatic carboxylic acids is 1. The van der Waals surface area contributed by atoms with Crippen LogP contribution in [0.5, 0.6) is 0 Å². The maximum absolute atomic E-state index is 10.6. The summed E-state index contributed by atoms with van der Waals surface area (Å²) >= 11 is 0. The molecule has 1 unspecified atom stereocenters. The summed E-state index contributed by atoms with van der Waals surface area (Å²) in [6, 6.07) is -0.118. The molecular formula is C8H9N5O2. The average molecular weight is 207 g/mol. The molecular weight excluding hydrogens is 198 g/mol. The molecule has 7 nitrogen and oxygen atoms in total. The Bertz CT molecular complexity index is 461. The third-order valence-corrected chi connectivity index (χ3v) is 2.10. The van der Waals surface area contributed by atoms with Crippen LogP contribution in [0.2, 0.25) is 0 Å². The summed E-state index contributed by atoms with van der Waals surface area (Å²) in [4.78, 5) is 18.3. The summed E-state index contributed by atoms with van der Waals surface area (Å²) in [6.07, 6.45) is 4.31. The van der Waals surface area contributed by atoms with Gasteiger partial charge in [0.1, 0.15) is 12.2 Å². The second kappa shape index (κ2) is 3.52. The van der Waals surface area contributed by atoms with Gasteiger partial charge >= 0.3 is 5.97 Å². The Morgan fingerprint density at radius 3 is 2.93 bits per heavy atom. The van der Waals surface area contributed by atoms with E-state index in [0.29, 0.717) is 5.82 Å². The van der Waals surface area contributed by atoms with Crippen LogP contribution in [-0.2, 0) is 0 Å². The molecule has 1 atom stereocenters. The molecule has 0 aromatic carbocycles. The number of aromatic amines is 1. The number of hydrogen-bond donors (Lipinski definition) is 2. The van der Waals surface area contributed by atoms with Crippen molar-refractivity contribution in [2.45, 2.75) is 13.0 Å². The number of imidazole rings is 1. The van der Waals surface area contributed by atoms with Gasteiger partial charge in [-0.3, -0.25) is 5.10 Å². The molecule has 2 N–H and O–H groups in total. The van der Waals surface area contributed by atoms with Crippen molar-refractivity contribution in [3.8, 4) is 0 Å². The topological polar surface area (TPSA) is 96.7 Å². The minimum Gasteiger partial charge on any atom is -0.476 e. The fourth-order valence-corrected chi connectivity index (χ4v) is 1.22. The van der Waals surface area contributed by atoms with Gasteiger partial charge in [-0.05, 0) is 6.92 Å². The van der Waals surface area contributed by atoms with E-state index in [2.05, 4.69) is 20.2 Å². The van der Waals surface area contributed by atoms with E-state index in [-0.39, 0.29) is 11.7 Å². The summed E-state index contributed by atoms with van der Waals surface area (Å²) in [6.45, 7) is 1.87. The molecule has 0 aliphatic heterocycles. The molecule has 7 heteroatoms. The van der Waals surface area contributed by atoms with Crippen LogP contribution in [-0.4, -0.2) is 35.8 Å². The fraction of sp³-hybridized carbons (Fsp3) is 0.250. The summed E-state index contributed by atoms with van der Waals surface area (Å²) in [7, 11) is 0. The van der Waals surface area contributed by atoms with Crippen molar-refractivity contribution in [3.63, 3.8) is 0 Å². The lowest BCUT2D eigenvalue weighted by molar-refractivity contribution is 0.0691. The Hall–Kier alpha value is -2.18. The normalized spacial score (nSPS) is 12.6. The third-order valence-electron chi connectivity index (χ3n) is 2.10. The van der Waals surface area contributed by atoms with Gasteiger partial charge in [0.05, 0.1) is 12.4 Å². The predicted octanol–water partition coefficient (Wildman–Crippen LogP) is 0.309. The lowest BCUT2D eigenvalue weighted by Crippen LogP contribution is -2.06. The molecule has 2 aromatic heterocycles. The summed E-state index contributed by atoms with van der Waals surface area (Å²) < 4.78 is 1.66. The summed E-state index contributed by atoms with van der Waals surface area (Å²) in [5.74, 6) is -0.386. The number of H-pyrrole nitrogens is 1. The van der Waals surface area contributed by atoms with Crippen LogP contribution in [0.1, 0.15) is 29.3 Å². The highest BCUT2D eigenvalue weighted by Crippen LogP contribution is 2.12. The lowest BCUT2D eigenvalue weighted by Gasteiger charge is -2.08. The van der Waals surface area contributed by atoms with Gasteiger partial charge in [0.15, 0.2) is 5.69 Å². The molecule has 0 radical (unpaired) electrons. The molecule has 0 spiro atoms. The molecule has 0 saturated carbocycles. The van der Waals surface area contributed by atoms with Crippen molar-refractivity contribution in [2.75, 3.05) is 0 Å². The monoisotopic (exact) mass is 207 g/mol. The van der Waals surface area contributed by atoms with Crippen molar-refractivity contribution < 1.29 is 9.90 Å². The van der Waals surface area contributed by atoms with E-state index >= 15 is 0 Å². The first-order valence-electron chi connectivity index (χ1n) is 4.30. The minimum atomic E-state index is -1.04. The van der Waals surface area contributed by atoms with Crippen LogP contribution in [0.15, 0.2) is 18.9 Å². The van der Waals surface area contributed by atoms with Crippen molar-refractivity contribution in [3.05, 3.63) is 30.4 Å². The highest BCUT2D eigenvalue weighted by atomic mass is 16.4. The quantitative estimate of drug-likeness (QED) is 0.754. The standard InChI is InChI=1S/C8H9N5O2/c1-5(7-9-3-11-12-7)13-2-6(8(14)15)10-4-13/h2-5H,1H3,(H,14,15)(H,9,11,12). The molecule has 0 fully saturated rings. The number of carboxylic acids is 1. The highest BCUT2D eigenvalue weighted by molar-refractivity contribution is 5.84. The SMILES string of the molecule is CC(c1ncn[nH]1)n1cnc(C(=O)O)c1. The predicted molar refractivity (Wildman–Crippen MR) is 49.4 cm³/mol. The number of carbonyl (C=O) groups is 1. The molecule has 0 bridgehead atoms. The van der Waals surface area contributed by atoms with Crippen LogP contribution in [0.25, 0.3) is 0 Å². The zero-order valence-corrected chi connectivity index (χ0v) is 7.95. The third kappa shape index (κ3) is 1.71. The van der Waals surface area contributed by atoms with Crippen LogP contribution < -0.4 is 0 Å². The zero-order valence-electron chi connectivity index (χ0n) is 7.95. The van der Waals surface area contributed by atoms with E-state index in [1.807, 2.05) is 6.92 Å².